The van der Waals surface area contributed by atoms with Crippen molar-refractivity contribution in [2.45, 2.75) is 27.3 Å². The van der Waals surface area contributed by atoms with E-state index in [0.717, 1.165) is 37.0 Å². The van der Waals surface area contributed by atoms with Gasteiger partial charge < -0.3 is 20.0 Å². The van der Waals surface area contributed by atoms with Crippen LogP contribution in [0.15, 0.2) is 23.3 Å². The van der Waals surface area contributed by atoms with Gasteiger partial charge in [-0.25, -0.2) is 9.98 Å². The summed E-state index contributed by atoms with van der Waals surface area (Å²) in [6, 6.07) is 3.94. The summed E-state index contributed by atoms with van der Waals surface area (Å²) in [6.07, 6.45) is 1.78. The molecule has 0 aliphatic rings. The van der Waals surface area contributed by atoms with Crippen molar-refractivity contribution in [2.24, 2.45) is 4.99 Å². The third kappa shape index (κ3) is 7.35. The lowest BCUT2D eigenvalue weighted by Crippen LogP contribution is -2.45. The minimum Gasteiger partial charge on any atom is -0.362 e. The van der Waals surface area contributed by atoms with Gasteiger partial charge in [0.25, 0.3) is 0 Å². The molecule has 0 atom stereocenters. The Morgan fingerprint density at radius 1 is 1.19 bits per heavy atom. The highest BCUT2D eigenvalue weighted by molar-refractivity contribution is 14.0. The molecule has 0 fully saturated rings. The van der Waals surface area contributed by atoms with E-state index in [-0.39, 0.29) is 29.9 Å². The SMILES string of the molecule is CCNC(=NCc1cccnc1N(C)C)N(C)CC(=O)N(CC)CC.I. The summed E-state index contributed by atoms with van der Waals surface area (Å²) < 4.78 is 0. The van der Waals surface area contributed by atoms with Gasteiger partial charge in [0.1, 0.15) is 5.82 Å². The zero-order chi connectivity index (χ0) is 18.8. The van der Waals surface area contributed by atoms with Crippen molar-refractivity contribution in [1.29, 1.82) is 0 Å². The number of aliphatic imine (C=N–C) groups is 1. The maximum absolute atomic E-state index is 12.3. The lowest BCUT2D eigenvalue weighted by atomic mass is 10.2. The molecule has 8 heteroatoms. The molecule has 0 saturated heterocycles. The Balaban J connectivity index is 0.00000625. The third-order valence-corrected chi connectivity index (χ3v) is 3.88. The first-order chi connectivity index (χ1) is 11.9. The summed E-state index contributed by atoms with van der Waals surface area (Å²) in [5, 5.41) is 3.25. The monoisotopic (exact) mass is 476 g/mol. The average Bonchev–Trinajstić information content (AvgIpc) is 2.59. The van der Waals surface area contributed by atoms with Crippen LogP contribution >= 0.6 is 24.0 Å². The first-order valence-electron chi connectivity index (χ1n) is 8.82. The van der Waals surface area contributed by atoms with Gasteiger partial charge in [-0.05, 0) is 26.8 Å². The Kier molecular flexibility index (Phi) is 11.9. The van der Waals surface area contributed by atoms with Crippen LogP contribution < -0.4 is 10.2 Å². The number of aromatic nitrogens is 1. The first kappa shape index (κ1) is 24.4. The van der Waals surface area contributed by atoms with Gasteiger partial charge in [0.05, 0.1) is 13.1 Å². The maximum atomic E-state index is 12.3. The number of pyridine rings is 1. The fourth-order valence-corrected chi connectivity index (χ4v) is 2.54. The lowest BCUT2D eigenvalue weighted by molar-refractivity contribution is -0.131. The molecular formula is C18H33IN6O. The molecule has 148 valence electrons. The van der Waals surface area contributed by atoms with E-state index >= 15 is 0 Å². The Morgan fingerprint density at radius 3 is 2.38 bits per heavy atom. The van der Waals surface area contributed by atoms with E-state index in [2.05, 4.69) is 15.3 Å². The topological polar surface area (TPSA) is 64.1 Å². The second-order valence-corrected chi connectivity index (χ2v) is 5.97. The molecule has 0 aliphatic heterocycles. The molecule has 1 rings (SSSR count). The van der Waals surface area contributed by atoms with Crippen molar-refractivity contribution in [3.63, 3.8) is 0 Å². The summed E-state index contributed by atoms with van der Waals surface area (Å²) in [4.78, 5) is 27.1. The Morgan fingerprint density at radius 2 is 1.85 bits per heavy atom. The van der Waals surface area contributed by atoms with Crippen molar-refractivity contribution in [2.75, 3.05) is 52.2 Å². The number of rotatable bonds is 8. The summed E-state index contributed by atoms with van der Waals surface area (Å²) in [5.74, 6) is 1.73. The van der Waals surface area contributed by atoms with Crippen LogP contribution in [0.4, 0.5) is 5.82 Å². The van der Waals surface area contributed by atoms with E-state index in [4.69, 9.17) is 0 Å². The number of likely N-dealkylation sites (N-methyl/N-ethyl adjacent to an activating group) is 2. The van der Waals surface area contributed by atoms with Crippen molar-refractivity contribution in [1.82, 2.24) is 20.1 Å². The van der Waals surface area contributed by atoms with Crippen LogP contribution in [-0.2, 0) is 11.3 Å². The highest BCUT2D eigenvalue weighted by Crippen LogP contribution is 2.15. The minimum atomic E-state index is 0. The molecule has 1 aromatic rings. The maximum Gasteiger partial charge on any atom is 0.242 e. The molecule has 7 nitrogen and oxygen atoms in total. The molecule has 1 N–H and O–H groups in total. The molecule has 0 radical (unpaired) electrons. The van der Waals surface area contributed by atoms with Gasteiger partial charge in [-0.1, -0.05) is 6.07 Å². The van der Waals surface area contributed by atoms with Crippen LogP contribution in [0.3, 0.4) is 0 Å². The number of halogens is 1. The number of guanidine groups is 1. The second kappa shape index (κ2) is 12.7. The number of amides is 1. The molecule has 1 heterocycles. The standard InChI is InChI=1S/C18H32N6O.HI/c1-7-19-18(23(6)14-16(25)24(8-2)9-3)21-13-15-11-10-12-20-17(15)22(4)5;/h10-12H,7-9,13-14H2,1-6H3,(H,19,21);1H. The van der Waals surface area contributed by atoms with Crippen LogP contribution in [-0.4, -0.2) is 74.0 Å². The van der Waals surface area contributed by atoms with Gasteiger partial charge in [0.15, 0.2) is 5.96 Å². The van der Waals surface area contributed by atoms with E-state index in [0.29, 0.717) is 13.1 Å². The Labute approximate surface area is 174 Å². The smallest absolute Gasteiger partial charge is 0.242 e. The molecule has 26 heavy (non-hydrogen) atoms. The van der Waals surface area contributed by atoms with Gasteiger partial charge in [0, 0.05) is 52.5 Å². The Hall–Kier alpha value is -1.58. The molecule has 0 aromatic carbocycles. The van der Waals surface area contributed by atoms with Crippen LogP contribution in [0.2, 0.25) is 0 Å². The fourth-order valence-electron chi connectivity index (χ4n) is 2.54. The number of nitrogens with zero attached hydrogens (tertiary/aromatic N) is 5. The average molecular weight is 476 g/mol. The fraction of sp³-hybridized carbons (Fsp3) is 0.611. The predicted molar refractivity (Wildman–Crippen MR) is 119 cm³/mol. The van der Waals surface area contributed by atoms with E-state index in [1.165, 1.54) is 0 Å². The summed E-state index contributed by atoms with van der Waals surface area (Å²) in [7, 11) is 5.82. The number of carbonyl (C=O) groups is 1. The predicted octanol–water partition coefficient (Wildman–Crippen LogP) is 2.03. The minimum absolute atomic E-state index is 0. The highest BCUT2D eigenvalue weighted by atomic mass is 127. The van der Waals surface area contributed by atoms with E-state index in [1.54, 1.807) is 6.20 Å². The highest BCUT2D eigenvalue weighted by Gasteiger charge is 2.15. The number of hydrogen-bond donors (Lipinski definition) is 1. The van der Waals surface area contributed by atoms with Gasteiger partial charge in [-0.2, -0.15) is 0 Å². The van der Waals surface area contributed by atoms with Gasteiger partial charge >= 0.3 is 0 Å². The van der Waals surface area contributed by atoms with Crippen molar-refractivity contribution in [3.8, 4) is 0 Å². The molecule has 0 bridgehead atoms. The van der Waals surface area contributed by atoms with E-state index < -0.39 is 0 Å². The van der Waals surface area contributed by atoms with Crippen LogP contribution in [0.1, 0.15) is 26.3 Å². The summed E-state index contributed by atoms with van der Waals surface area (Å²) in [6.45, 7) is 9.00. The van der Waals surface area contributed by atoms with Crippen LogP contribution in [0.25, 0.3) is 0 Å². The number of hydrogen-bond acceptors (Lipinski definition) is 4. The normalized spacial score (nSPS) is 10.8. The van der Waals surface area contributed by atoms with Gasteiger partial charge in [-0.3, -0.25) is 4.79 Å². The molecule has 0 unspecified atom stereocenters. The zero-order valence-electron chi connectivity index (χ0n) is 16.8. The van der Waals surface area contributed by atoms with Crippen molar-refractivity contribution < 1.29 is 4.79 Å². The largest absolute Gasteiger partial charge is 0.362 e. The van der Waals surface area contributed by atoms with Crippen molar-refractivity contribution in [3.05, 3.63) is 23.9 Å². The van der Waals surface area contributed by atoms with Gasteiger partial charge in [-0.15, -0.1) is 24.0 Å². The molecular weight excluding hydrogens is 443 g/mol. The van der Waals surface area contributed by atoms with Gasteiger partial charge in [0.2, 0.25) is 5.91 Å². The third-order valence-electron chi connectivity index (χ3n) is 3.88. The number of carbonyl (C=O) groups excluding carboxylic acids is 1. The number of anilines is 1. The number of nitrogens with one attached hydrogen (secondary N) is 1. The second-order valence-electron chi connectivity index (χ2n) is 5.97. The quantitative estimate of drug-likeness (QED) is 0.354. The molecule has 0 aliphatic carbocycles. The molecule has 1 aromatic heterocycles. The van der Waals surface area contributed by atoms with E-state index in [1.807, 2.05) is 68.7 Å². The van der Waals surface area contributed by atoms with Crippen LogP contribution in [0.5, 0.6) is 0 Å². The Bertz CT molecular complexity index is 575. The molecule has 1 amide bonds. The summed E-state index contributed by atoms with van der Waals surface area (Å²) in [5.41, 5.74) is 1.05. The molecule has 0 spiro atoms. The summed E-state index contributed by atoms with van der Waals surface area (Å²) >= 11 is 0. The first-order valence-corrected chi connectivity index (χ1v) is 8.82. The van der Waals surface area contributed by atoms with Crippen LogP contribution in [0, 0.1) is 0 Å². The van der Waals surface area contributed by atoms with E-state index in [9.17, 15) is 4.79 Å². The van der Waals surface area contributed by atoms with Crippen molar-refractivity contribution >= 4 is 41.7 Å². The zero-order valence-corrected chi connectivity index (χ0v) is 19.2. The molecule has 0 saturated carbocycles. The lowest BCUT2D eigenvalue weighted by Gasteiger charge is -2.25.